The number of ether oxygens (including phenoxy) is 1. The van der Waals surface area contributed by atoms with Crippen LogP contribution in [0.1, 0.15) is 18.4 Å². The Bertz CT molecular complexity index is 1060. The summed E-state index contributed by atoms with van der Waals surface area (Å²) in [6.45, 7) is 1.26. The van der Waals surface area contributed by atoms with E-state index in [1.165, 1.54) is 26.3 Å². The van der Waals surface area contributed by atoms with Gasteiger partial charge in [-0.2, -0.15) is 0 Å². The summed E-state index contributed by atoms with van der Waals surface area (Å²) in [5.74, 6) is 0.135. The average molecular weight is 464 g/mol. The van der Waals surface area contributed by atoms with Gasteiger partial charge in [0.1, 0.15) is 10.6 Å². The molecule has 0 saturated carbocycles. The van der Waals surface area contributed by atoms with Gasteiger partial charge in [-0.25, -0.2) is 13.1 Å². The Balaban J connectivity index is 1.61. The number of benzene rings is 2. The van der Waals surface area contributed by atoms with Gasteiger partial charge in [0.25, 0.3) is 0 Å². The molecule has 1 saturated heterocycles. The standard InChI is InChI=1S/C22H26ClN3O4S/c1-24-31(28,29)21-15-16(7-9-20(21)30-2)8-10-22(27)26-13-11-17(12-14-26)25-19-6-4-3-5-18(19)23/h3-10,15,17,24-25H,11-14H2,1-2H3/b10-8+. The monoisotopic (exact) mass is 463 g/mol. The van der Waals surface area contributed by atoms with Crippen molar-refractivity contribution in [3.05, 3.63) is 59.1 Å². The Morgan fingerprint density at radius 1 is 1.19 bits per heavy atom. The Morgan fingerprint density at radius 2 is 1.90 bits per heavy atom. The summed E-state index contributed by atoms with van der Waals surface area (Å²) in [5, 5.41) is 4.12. The number of carbonyl (C=O) groups excluding carboxylic acids is 1. The molecule has 0 radical (unpaired) electrons. The summed E-state index contributed by atoms with van der Waals surface area (Å²) in [7, 11) is -0.930. The number of anilines is 1. The summed E-state index contributed by atoms with van der Waals surface area (Å²) < 4.78 is 31.8. The van der Waals surface area contributed by atoms with Crippen molar-refractivity contribution in [1.82, 2.24) is 9.62 Å². The molecule has 3 rings (SSSR count). The van der Waals surface area contributed by atoms with Crippen LogP contribution in [0.15, 0.2) is 53.4 Å². The molecular formula is C22H26ClN3O4S. The summed E-state index contributed by atoms with van der Waals surface area (Å²) in [6, 6.07) is 12.6. The van der Waals surface area contributed by atoms with Crippen molar-refractivity contribution in [3.63, 3.8) is 0 Å². The normalized spacial score (nSPS) is 15.3. The number of amides is 1. The molecule has 2 N–H and O–H groups in total. The number of hydrogen-bond acceptors (Lipinski definition) is 5. The molecule has 2 aromatic rings. The van der Waals surface area contributed by atoms with Crippen molar-refractivity contribution in [2.45, 2.75) is 23.8 Å². The fourth-order valence-corrected chi connectivity index (χ4v) is 4.55. The molecule has 31 heavy (non-hydrogen) atoms. The number of nitrogens with zero attached hydrogens (tertiary/aromatic N) is 1. The first-order valence-electron chi connectivity index (χ1n) is 9.93. The molecule has 1 aliphatic rings. The molecule has 9 heteroatoms. The Hall–Kier alpha value is -2.55. The molecule has 0 aliphatic carbocycles. The predicted molar refractivity (Wildman–Crippen MR) is 123 cm³/mol. The summed E-state index contributed by atoms with van der Waals surface area (Å²) in [4.78, 5) is 14.4. The number of nitrogens with one attached hydrogen (secondary N) is 2. The maximum absolute atomic E-state index is 12.6. The number of carbonyl (C=O) groups is 1. The van der Waals surface area contributed by atoms with Crippen molar-refractivity contribution in [2.75, 3.05) is 32.6 Å². The van der Waals surface area contributed by atoms with Crippen LogP contribution in [0.25, 0.3) is 6.08 Å². The molecule has 1 amide bonds. The number of hydrogen-bond donors (Lipinski definition) is 2. The minimum Gasteiger partial charge on any atom is -0.495 e. The first-order chi connectivity index (χ1) is 14.8. The molecule has 0 atom stereocenters. The molecule has 2 aromatic carbocycles. The lowest BCUT2D eigenvalue weighted by Gasteiger charge is -2.32. The number of rotatable bonds is 7. The van der Waals surface area contributed by atoms with Crippen LogP contribution < -0.4 is 14.8 Å². The van der Waals surface area contributed by atoms with Crippen molar-refractivity contribution in [3.8, 4) is 5.75 Å². The van der Waals surface area contributed by atoms with Gasteiger partial charge < -0.3 is 15.0 Å². The highest BCUT2D eigenvalue weighted by Gasteiger charge is 2.22. The van der Waals surface area contributed by atoms with Crippen LogP contribution in [0, 0.1) is 0 Å². The summed E-state index contributed by atoms with van der Waals surface area (Å²) >= 11 is 6.20. The van der Waals surface area contributed by atoms with Gasteiger partial charge in [0.05, 0.1) is 17.8 Å². The molecule has 0 aromatic heterocycles. The van der Waals surface area contributed by atoms with Gasteiger partial charge in [-0.3, -0.25) is 4.79 Å². The van der Waals surface area contributed by atoms with Gasteiger partial charge in [0, 0.05) is 25.2 Å². The Morgan fingerprint density at radius 3 is 2.55 bits per heavy atom. The van der Waals surface area contributed by atoms with E-state index in [1.54, 1.807) is 23.1 Å². The lowest BCUT2D eigenvalue weighted by Crippen LogP contribution is -2.41. The van der Waals surface area contributed by atoms with Crippen LogP contribution >= 0.6 is 11.6 Å². The average Bonchev–Trinajstić information content (AvgIpc) is 2.79. The zero-order valence-corrected chi connectivity index (χ0v) is 19.0. The van der Waals surface area contributed by atoms with E-state index in [9.17, 15) is 13.2 Å². The minimum atomic E-state index is -3.68. The van der Waals surface area contributed by atoms with E-state index in [0.29, 0.717) is 23.7 Å². The van der Waals surface area contributed by atoms with Gasteiger partial charge in [-0.1, -0.05) is 29.8 Å². The van der Waals surface area contributed by atoms with Crippen molar-refractivity contribution in [2.24, 2.45) is 0 Å². The van der Waals surface area contributed by atoms with Gasteiger partial charge in [-0.15, -0.1) is 0 Å². The van der Waals surface area contributed by atoms with Gasteiger partial charge >= 0.3 is 0 Å². The number of methoxy groups -OCH3 is 1. The van der Waals surface area contributed by atoms with Crippen LogP contribution in [0.5, 0.6) is 5.75 Å². The number of sulfonamides is 1. The second-order valence-electron chi connectivity index (χ2n) is 7.17. The second kappa shape index (κ2) is 10.2. The quantitative estimate of drug-likeness (QED) is 0.614. The van der Waals surface area contributed by atoms with Crippen LogP contribution in [0.3, 0.4) is 0 Å². The van der Waals surface area contributed by atoms with E-state index in [4.69, 9.17) is 16.3 Å². The second-order valence-corrected chi connectivity index (χ2v) is 9.44. The molecule has 166 valence electrons. The minimum absolute atomic E-state index is 0.0264. The van der Waals surface area contributed by atoms with Gasteiger partial charge in [-0.05, 0) is 55.8 Å². The number of piperidine rings is 1. The lowest BCUT2D eigenvalue weighted by molar-refractivity contribution is -0.126. The molecule has 1 heterocycles. The third kappa shape index (κ3) is 5.78. The largest absolute Gasteiger partial charge is 0.495 e. The van der Waals surface area contributed by atoms with E-state index in [2.05, 4.69) is 10.0 Å². The van der Waals surface area contributed by atoms with Gasteiger partial charge in [0.15, 0.2) is 0 Å². The molecule has 1 fully saturated rings. The van der Waals surface area contributed by atoms with E-state index in [-0.39, 0.29) is 22.6 Å². The van der Waals surface area contributed by atoms with Gasteiger partial charge in [0.2, 0.25) is 15.9 Å². The van der Waals surface area contributed by atoms with Crippen LogP contribution in [-0.4, -0.2) is 52.5 Å². The van der Waals surface area contributed by atoms with Crippen LogP contribution in [0.2, 0.25) is 5.02 Å². The fourth-order valence-electron chi connectivity index (χ4n) is 3.43. The SMILES string of the molecule is CNS(=O)(=O)c1cc(/C=C/C(=O)N2CCC(Nc3ccccc3Cl)CC2)ccc1OC. The maximum Gasteiger partial charge on any atom is 0.246 e. The van der Waals surface area contributed by atoms with E-state index >= 15 is 0 Å². The highest BCUT2D eigenvalue weighted by Crippen LogP contribution is 2.26. The first kappa shape index (κ1) is 23.1. The highest BCUT2D eigenvalue weighted by molar-refractivity contribution is 7.89. The van der Waals surface area contributed by atoms with Crippen molar-refractivity contribution < 1.29 is 17.9 Å². The zero-order chi connectivity index (χ0) is 22.4. The smallest absolute Gasteiger partial charge is 0.246 e. The first-order valence-corrected chi connectivity index (χ1v) is 11.8. The third-order valence-corrected chi connectivity index (χ3v) is 6.97. The Labute approximate surface area is 188 Å². The van der Waals surface area contributed by atoms with Crippen LogP contribution in [0.4, 0.5) is 5.69 Å². The molecule has 7 nitrogen and oxygen atoms in total. The third-order valence-electron chi connectivity index (χ3n) is 5.20. The molecule has 0 unspecified atom stereocenters. The summed E-state index contributed by atoms with van der Waals surface area (Å²) in [6.07, 6.45) is 4.72. The van der Waals surface area contributed by atoms with E-state index < -0.39 is 10.0 Å². The highest BCUT2D eigenvalue weighted by atomic mass is 35.5. The topological polar surface area (TPSA) is 87.7 Å². The molecular weight excluding hydrogens is 438 g/mol. The number of para-hydroxylation sites is 1. The molecule has 0 spiro atoms. The molecule has 1 aliphatic heterocycles. The zero-order valence-electron chi connectivity index (χ0n) is 17.5. The predicted octanol–water partition coefficient (Wildman–Crippen LogP) is 3.37. The fraction of sp³-hybridized carbons (Fsp3) is 0.318. The number of likely N-dealkylation sites (tertiary alicyclic amines) is 1. The lowest BCUT2D eigenvalue weighted by atomic mass is 10.0. The maximum atomic E-state index is 12.6. The van der Waals surface area contributed by atoms with Crippen molar-refractivity contribution in [1.29, 1.82) is 0 Å². The van der Waals surface area contributed by atoms with E-state index in [1.807, 2.05) is 24.3 Å². The van der Waals surface area contributed by atoms with E-state index in [0.717, 1.165) is 18.5 Å². The van der Waals surface area contributed by atoms with Crippen LogP contribution in [-0.2, 0) is 14.8 Å². The Kier molecular flexibility index (Phi) is 7.59. The summed E-state index contributed by atoms with van der Waals surface area (Å²) in [5.41, 5.74) is 1.50. The van der Waals surface area contributed by atoms with Crippen molar-refractivity contribution >= 4 is 39.3 Å². The molecule has 0 bridgehead atoms. The number of halogens is 1.